The molecule has 0 amide bonds. The molecular formula is C18H24N4O4S. The lowest BCUT2D eigenvalue weighted by Gasteiger charge is -2.36. The molecule has 0 bridgehead atoms. The molecule has 0 radical (unpaired) electrons. The summed E-state index contributed by atoms with van der Waals surface area (Å²) in [5, 5.41) is 0. The summed E-state index contributed by atoms with van der Waals surface area (Å²) in [5.41, 5.74) is 1.17. The van der Waals surface area contributed by atoms with E-state index in [1.54, 1.807) is 7.11 Å². The molecule has 9 heteroatoms. The van der Waals surface area contributed by atoms with Gasteiger partial charge in [-0.15, -0.1) is 4.37 Å². The van der Waals surface area contributed by atoms with Crippen LogP contribution in [0.2, 0.25) is 0 Å². The minimum Gasteiger partial charge on any atom is -0.497 e. The van der Waals surface area contributed by atoms with Crippen LogP contribution >= 0.6 is 11.7 Å². The van der Waals surface area contributed by atoms with Gasteiger partial charge in [-0.1, -0.05) is 6.92 Å². The van der Waals surface area contributed by atoms with E-state index in [1.165, 1.54) is 12.8 Å². The van der Waals surface area contributed by atoms with Crippen molar-refractivity contribution in [1.82, 2.24) is 8.75 Å². The minimum absolute atomic E-state index is 0.398. The Hall–Kier alpha value is -2.55. The molecule has 27 heavy (non-hydrogen) atoms. The Balaban J connectivity index is 1.63. The van der Waals surface area contributed by atoms with Crippen LogP contribution in [0.4, 0.5) is 11.5 Å². The maximum atomic E-state index is 11.8. The second kappa shape index (κ2) is 8.90. The number of carbonyl (C=O) groups excluding carboxylic acids is 1. The van der Waals surface area contributed by atoms with Crippen molar-refractivity contribution in [2.45, 2.75) is 19.4 Å². The molecule has 1 fully saturated rings. The van der Waals surface area contributed by atoms with E-state index < -0.39 is 12.1 Å². The van der Waals surface area contributed by atoms with Gasteiger partial charge in [-0.2, -0.15) is 4.37 Å². The second-order valence-electron chi connectivity index (χ2n) is 6.10. The highest BCUT2D eigenvalue weighted by atomic mass is 32.1. The summed E-state index contributed by atoms with van der Waals surface area (Å²) in [4.78, 5) is 16.2. The third-order valence-corrected chi connectivity index (χ3v) is 5.05. The number of anilines is 2. The standard InChI is InChI=1S/C18H24N4O4S/c1-4-15(18(23)25-3)26-17-16(19-27-20-17)22-11-9-21(10-12-22)13-5-7-14(24-2)8-6-13/h5-8,15H,4,9-12H2,1-3H3. The van der Waals surface area contributed by atoms with E-state index in [-0.39, 0.29) is 0 Å². The molecule has 2 aromatic rings. The lowest BCUT2D eigenvalue weighted by Crippen LogP contribution is -2.46. The molecule has 1 aliphatic rings. The van der Waals surface area contributed by atoms with Crippen molar-refractivity contribution >= 4 is 29.2 Å². The van der Waals surface area contributed by atoms with E-state index in [9.17, 15) is 4.79 Å². The molecule has 8 nitrogen and oxygen atoms in total. The normalized spacial score (nSPS) is 15.4. The number of carbonyl (C=O) groups is 1. The van der Waals surface area contributed by atoms with Gasteiger partial charge in [0.2, 0.25) is 5.82 Å². The Morgan fingerprint density at radius 1 is 1.11 bits per heavy atom. The number of piperazine rings is 1. The number of rotatable bonds is 7. The van der Waals surface area contributed by atoms with Crippen molar-refractivity contribution in [2.24, 2.45) is 0 Å². The fourth-order valence-electron chi connectivity index (χ4n) is 2.98. The molecule has 0 N–H and O–H groups in total. The number of hydrogen-bond acceptors (Lipinski definition) is 9. The number of hydrogen-bond donors (Lipinski definition) is 0. The quantitative estimate of drug-likeness (QED) is 0.664. The number of aromatic nitrogens is 2. The lowest BCUT2D eigenvalue weighted by atomic mass is 10.2. The fraction of sp³-hybridized carbons (Fsp3) is 0.500. The van der Waals surface area contributed by atoms with E-state index in [0.29, 0.717) is 18.1 Å². The Kier molecular flexibility index (Phi) is 6.33. The van der Waals surface area contributed by atoms with Crippen LogP contribution in [0, 0.1) is 0 Å². The third-order valence-electron chi connectivity index (χ3n) is 4.55. The zero-order valence-corrected chi connectivity index (χ0v) is 16.6. The van der Waals surface area contributed by atoms with Gasteiger partial charge >= 0.3 is 5.97 Å². The Bertz CT molecular complexity index is 744. The third kappa shape index (κ3) is 4.41. The summed E-state index contributed by atoms with van der Waals surface area (Å²) >= 11 is 1.09. The van der Waals surface area contributed by atoms with Crippen molar-refractivity contribution in [1.29, 1.82) is 0 Å². The van der Waals surface area contributed by atoms with E-state index in [2.05, 4.69) is 30.7 Å². The highest BCUT2D eigenvalue weighted by Gasteiger charge is 2.27. The average Bonchev–Trinajstić information content (AvgIpc) is 3.20. The monoisotopic (exact) mass is 392 g/mol. The molecule has 0 saturated carbocycles. The molecule has 1 saturated heterocycles. The van der Waals surface area contributed by atoms with Crippen LogP contribution in [0.5, 0.6) is 11.6 Å². The van der Waals surface area contributed by atoms with Crippen molar-refractivity contribution in [3.63, 3.8) is 0 Å². The van der Waals surface area contributed by atoms with Crippen molar-refractivity contribution in [2.75, 3.05) is 50.2 Å². The molecule has 1 unspecified atom stereocenters. The van der Waals surface area contributed by atoms with Gasteiger partial charge in [0.25, 0.3) is 5.88 Å². The first-order valence-corrected chi connectivity index (χ1v) is 9.60. The predicted molar refractivity (Wildman–Crippen MR) is 104 cm³/mol. The van der Waals surface area contributed by atoms with Gasteiger partial charge in [0.1, 0.15) is 5.75 Å². The lowest BCUT2D eigenvalue weighted by molar-refractivity contribution is -0.149. The van der Waals surface area contributed by atoms with Crippen LogP contribution in [-0.2, 0) is 9.53 Å². The number of benzene rings is 1. The molecular weight excluding hydrogens is 368 g/mol. The number of nitrogens with zero attached hydrogens (tertiary/aromatic N) is 4. The van der Waals surface area contributed by atoms with Crippen LogP contribution in [0.15, 0.2) is 24.3 Å². The Labute approximate surface area is 163 Å². The van der Waals surface area contributed by atoms with E-state index >= 15 is 0 Å². The summed E-state index contributed by atoms with van der Waals surface area (Å²) < 4.78 is 24.4. The van der Waals surface area contributed by atoms with E-state index in [0.717, 1.165) is 43.7 Å². The molecule has 0 spiro atoms. The SMILES string of the molecule is CCC(Oc1nsnc1N1CCN(c2ccc(OC)cc2)CC1)C(=O)OC. The largest absolute Gasteiger partial charge is 0.497 e. The number of methoxy groups -OCH3 is 2. The van der Waals surface area contributed by atoms with Crippen LogP contribution in [-0.4, -0.2) is 61.2 Å². The molecule has 3 rings (SSSR count). The first-order chi connectivity index (χ1) is 13.2. The topological polar surface area (TPSA) is 77.0 Å². The molecule has 1 atom stereocenters. The highest BCUT2D eigenvalue weighted by molar-refractivity contribution is 6.99. The highest BCUT2D eigenvalue weighted by Crippen LogP contribution is 2.29. The fourth-order valence-corrected chi connectivity index (χ4v) is 3.49. The average molecular weight is 392 g/mol. The van der Waals surface area contributed by atoms with Gasteiger partial charge < -0.3 is 24.0 Å². The van der Waals surface area contributed by atoms with E-state index in [1.807, 2.05) is 19.1 Å². The van der Waals surface area contributed by atoms with E-state index in [4.69, 9.17) is 14.2 Å². The Morgan fingerprint density at radius 2 is 1.78 bits per heavy atom. The maximum absolute atomic E-state index is 11.8. The first-order valence-electron chi connectivity index (χ1n) is 8.87. The molecule has 1 aliphatic heterocycles. The molecule has 0 aliphatic carbocycles. The van der Waals surface area contributed by atoms with Gasteiger partial charge in [0.05, 0.1) is 25.9 Å². The van der Waals surface area contributed by atoms with Crippen molar-refractivity contribution < 1.29 is 19.0 Å². The van der Waals surface area contributed by atoms with Gasteiger partial charge in [0, 0.05) is 31.9 Å². The molecule has 1 aromatic carbocycles. The smallest absolute Gasteiger partial charge is 0.347 e. The molecule has 2 heterocycles. The van der Waals surface area contributed by atoms with Gasteiger partial charge in [-0.25, -0.2) is 4.79 Å². The van der Waals surface area contributed by atoms with Crippen molar-refractivity contribution in [3.05, 3.63) is 24.3 Å². The predicted octanol–water partition coefficient (Wildman–Crippen LogP) is 2.20. The summed E-state index contributed by atoms with van der Waals surface area (Å²) in [7, 11) is 3.02. The molecule has 1 aromatic heterocycles. The number of ether oxygens (including phenoxy) is 3. The van der Waals surface area contributed by atoms with Crippen LogP contribution in [0.1, 0.15) is 13.3 Å². The summed E-state index contributed by atoms with van der Waals surface area (Å²) in [5.74, 6) is 1.54. The van der Waals surface area contributed by atoms with Crippen LogP contribution in [0.3, 0.4) is 0 Å². The van der Waals surface area contributed by atoms with Crippen LogP contribution in [0.25, 0.3) is 0 Å². The van der Waals surface area contributed by atoms with Crippen molar-refractivity contribution in [3.8, 4) is 11.6 Å². The zero-order valence-electron chi connectivity index (χ0n) is 15.8. The first kappa shape index (κ1) is 19.2. The van der Waals surface area contributed by atoms with Crippen LogP contribution < -0.4 is 19.3 Å². The maximum Gasteiger partial charge on any atom is 0.347 e. The summed E-state index contributed by atoms with van der Waals surface area (Å²) in [6, 6.07) is 8.07. The van der Waals surface area contributed by atoms with Gasteiger partial charge in [-0.3, -0.25) is 0 Å². The second-order valence-corrected chi connectivity index (χ2v) is 6.63. The van der Waals surface area contributed by atoms with Gasteiger partial charge in [0.15, 0.2) is 6.10 Å². The Morgan fingerprint density at radius 3 is 2.37 bits per heavy atom. The minimum atomic E-state index is -0.668. The zero-order chi connectivity index (χ0) is 19.2. The molecule has 146 valence electrons. The number of esters is 1. The van der Waals surface area contributed by atoms with Gasteiger partial charge in [-0.05, 0) is 30.7 Å². The summed E-state index contributed by atoms with van der Waals surface area (Å²) in [6.45, 7) is 5.18. The summed E-state index contributed by atoms with van der Waals surface area (Å²) in [6.07, 6.45) is -0.159.